The van der Waals surface area contributed by atoms with E-state index >= 15 is 0 Å². The Morgan fingerprint density at radius 3 is 2.45 bits per heavy atom. The van der Waals surface area contributed by atoms with Gasteiger partial charge in [-0.3, -0.25) is 0 Å². The zero-order valence-corrected chi connectivity index (χ0v) is 17.8. The number of hydrogen-bond acceptors (Lipinski definition) is 3. The van der Waals surface area contributed by atoms with Crippen LogP contribution in [-0.4, -0.2) is 28.7 Å². The van der Waals surface area contributed by atoms with Gasteiger partial charge in [0.15, 0.2) is 0 Å². The molecule has 0 unspecified atom stereocenters. The zero-order chi connectivity index (χ0) is 19.3. The van der Waals surface area contributed by atoms with Crippen LogP contribution in [0.5, 0.6) is 0 Å². The highest BCUT2D eigenvalue weighted by atomic mass is 35.5. The number of piperidine rings is 1. The number of aromatic nitrogens is 2. The largest absolute Gasteiger partial charge is 0.371 e. The molecule has 3 aromatic rings. The van der Waals surface area contributed by atoms with E-state index in [-0.39, 0.29) is 12.4 Å². The lowest BCUT2D eigenvalue weighted by atomic mass is 10.0. The molecule has 0 bridgehead atoms. The Kier molecular flexibility index (Phi) is 7.37. The second-order valence-electron chi connectivity index (χ2n) is 7.38. The Bertz CT molecular complexity index is 928. The topological polar surface area (TPSA) is 47.1 Å². The summed E-state index contributed by atoms with van der Waals surface area (Å²) in [5, 5.41) is 0.746. The van der Waals surface area contributed by atoms with Gasteiger partial charge in [-0.05, 0) is 59.9 Å². The molecule has 1 aliphatic heterocycles. The van der Waals surface area contributed by atoms with E-state index in [9.17, 15) is 0 Å². The van der Waals surface area contributed by atoms with Crippen molar-refractivity contribution in [2.75, 3.05) is 18.0 Å². The fraction of sp³-hybridized carbons (Fsp3) is 0.261. The van der Waals surface area contributed by atoms with Crippen molar-refractivity contribution >= 4 is 41.8 Å². The molecular formula is C23H26Cl2N4. The molecule has 4 nitrogen and oxygen atoms in total. The van der Waals surface area contributed by atoms with Crippen LogP contribution in [0.25, 0.3) is 12.2 Å². The van der Waals surface area contributed by atoms with E-state index in [0.29, 0.717) is 6.04 Å². The minimum Gasteiger partial charge on any atom is -0.371 e. The monoisotopic (exact) mass is 428 g/mol. The van der Waals surface area contributed by atoms with Gasteiger partial charge in [0.25, 0.3) is 0 Å². The van der Waals surface area contributed by atoms with E-state index < -0.39 is 0 Å². The summed E-state index contributed by atoms with van der Waals surface area (Å²) < 4.78 is 2.03. The first-order valence-corrected chi connectivity index (χ1v) is 10.1. The summed E-state index contributed by atoms with van der Waals surface area (Å²) in [5.74, 6) is 0. The molecule has 2 N–H and O–H groups in total. The third kappa shape index (κ3) is 5.86. The van der Waals surface area contributed by atoms with Crippen molar-refractivity contribution in [3.8, 4) is 0 Å². The number of anilines is 1. The minimum atomic E-state index is 0. The SMILES string of the molecule is Cl.NC1CCN(c2ccc(/C=C/c3cc(Cl)cc(Cn4ccnc4)c3)cc2)CC1. The molecule has 2 aromatic carbocycles. The number of halogens is 2. The average Bonchev–Trinajstić information content (AvgIpc) is 3.20. The second-order valence-corrected chi connectivity index (χ2v) is 7.81. The Morgan fingerprint density at radius 2 is 1.76 bits per heavy atom. The van der Waals surface area contributed by atoms with Crippen LogP contribution in [-0.2, 0) is 6.54 Å². The number of benzene rings is 2. The quantitative estimate of drug-likeness (QED) is 0.574. The Balaban J connectivity index is 0.00000240. The maximum Gasteiger partial charge on any atom is 0.0949 e. The molecule has 0 aliphatic carbocycles. The number of hydrogen-bond donors (Lipinski definition) is 1. The molecule has 0 amide bonds. The van der Waals surface area contributed by atoms with Crippen LogP contribution >= 0.6 is 24.0 Å². The predicted octanol–water partition coefficient (Wildman–Crippen LogP) is 5.10. The van der Waals surface area contributed by atoms with Crippen LogP contribution in [0.15, 0.2) is 61.2 Å². The van der Waals surface area contributed by atoms with Gasteiger partial charge in [0.05, 0.1) is 6.33 Å². The van der Waals surface area contributed by atoms with Crippen LogP contribution in [0.1, 0.15) is 29.5 Å². The van der Waals surface area contributed by atoms with Gasteiger partial charge >= 0.3 is 0 Å². The van der Waals surface area contributed by atoms with E-state index in [2.05, 4.69) is 52.4 Å². The molecule has 1 aromatic heterocycles. The maximum absolute atomic E-state index is 6.32. The van der Waals surface area contributed by atoms with Gasteiger partial charge < -0.3 is 15.2 Å². The summed E-state index contributed by atoms with van der Waals surface area (Å²) in [6.45, 7) is 2.84. The van der Waals surface area contributed by atoms with Gasteiger partial charge in [0, 0.05) is 48.8 Å². The molecule has 152 valence electrons. The van der Waals surface area contributed by atoms with Gasteiger partial charge in [0.2, 0.25) is 0 Å². The summed E-state index contributed by atoms with van der Waals surface area (Å²) in [7, 11) is 0. The molecule has 0 radical (unpaired) electrons. The molecule has 6 heteroatoms. The van der Waals surface area contributed by atoms with Gasteiger partial charge in [-0.1, -0.05) is 35.9 Å². The Morgan fingerprint density at radius 1 is 1.03 bits per heavy atom. The third-order valence-electron chi connectivity index (χ3n) is 5.17. The van der Waals surface area contributed by atoms with Crippen molar-refractivity contribution in [3.63, 3.8) is 0 Å². The lowest BCUT2D eigenvalue weighted by molar-refractivity contribution is 0.501. The highest BCUT2D eigenvalue weighted by Gasteiger charge is 2.15. The summed E-state index contributed by atoms with van der Waals surface area (Å²) in [4.78, 5) is 6.50. The fourth-order valence-electron chi connectivity index (χ4n) is 3.60. The number of nitrogens with two attached hydrogens (primary N) is 1. The first-order valence-electron chi connectivity index (χ1n) is 9.69. The lowest BCUT2D eigenvalue weighted by Crippen LogP contribution is -2.39. The summed E-state index contributed by atoms with van der Waals surface area (Å²) in [5.41, 5.74) is 10.7. The Labute approximate surface area is 183 Å². The molecule has 2 heterocycles. The number of imidazole rings is 1. The average molecular weight is 429 g/mol. The van der Waals surface area contributed by atoms with Crippen LogP contribution in [0.4, 0.5) is 5.69 Å². The highest BCUT2D eigenvalue weighted by molar-refractivity contribution is 6.30. The normalized spacial score (nSPS) is 14.9. The highest BCUT2D eigenvalue weighted by Crippen LogP contribution is 2.22. The molecule has 1 fully saturated rings. The molecule has 0 atom stereocenters. The molecule has 29 heavy (non-hydrogen) atoms. The molecule has 1 saturated heterocycles. The van der Waals surface area contributed by atoms with E-state index in [1.54, 1.807) is 6.20 Å². The van der Waals surface area contributed by atoms with Gasteiger partial charge in [-0.2, -0.15) is 0 Å². The van der Waals surface area contributed by atoms with E-state index in [1.165, 1.54) is 11.3 Å². The molecule has 0 saturated carbocycles. The lowest BCUT2D eigenvalue weighted by Gasteiger charge is -2.32. The van der Waals surface area contributed by atoms with Crippen molar-refractivity contribution in [1.82, 2.24) is 9.55 Å². The van der Waals surface area contributed by atoms with Crippen molar-refractivity contribution in [1.29, 1.82) is 0 Å². The number of nitrogens with zero attached hydrogens (tertiary/aromatic N) is 3. The van der Waals surface area contributed by atoms with E-state index in [1.807, 2.05) is 29.2 Å². The van der Waals surface area contributed by atoms with Crippen molar-refractivity contribution in [2.45, 2.75) is 25.4 Å². The van der Waals surface area contributed by atoms with E-state index in [0.717, 1.165) is 48.6 Å². The second kappa shape index (κ2) is 9.97. The first-order chi connectivity index (χ1) is 13.7. The summed E-state index contributed by atoms with van der Waals surface area (Å²) in [6.07, 6.45) is 11.9. The molecule has 1 aliphatic rings. The molecule has 4 rings (SSSR count). The van der Waals surface area contributed by atoms with Crippen molar-refractivity contribution in [3.05, 3.63) is 82.9 Å². The third-order valence-corrected chi connectivity index (χ3v) is 5.39. The van der Waals surface area contributed by atoms with E-state index in [4.69, 9.17) is 17.3 Å². The smallest absolute Gasteiger partial charge is 0.0949 e. The van der Waals surface area contributed by atoms with Crippen LogP contribution in [0.3, 0.4) is 0 Å². The summed E-state index contributed by atoms with van der Waals surface area (Å²) >= 11 is 6.32. The van der Waals surface area contributed by atoms with Gasteiger partial charge in [-0.25, -0.2) is 4.98 Å². The van der Waals surface area contributed by atoms with Crippen LogP contribution in [0.2, 0.25) is 5.02 Å². The van der Waals surface area contributed by atoms with Crippen LogP contribution < -0.4 is 10.6 Å². The zero-order valence-electron chi connectivity index (χ0n) is 16.2. The van der Waals surface area contributed by atoms with Crippen molar-refractivity contribution in [2.24, 2.45) is 5.73 Å². The predicted molar refractivity (Wildman–Crippen MR) is 125 cm³/mol. The fourth-order valence-corrected chi connectivity index (χ4v) is 3.87. The number of rotatable bonds is 5. The van der Waals surface area contributed by atoms with Crippen LogP contribution in [0, 0.1) is 0 Å². The van der Waals surface area contributed by atoms with Crippen molar-refractivity contribution < 1.29 is 0 Å². The summed E-state index contributed by atoms with van der Waals surface area (Å²) in [6, 6.07) is 15.2. The molecule has 0 spiro atoms. The first kappa shape index (κ1) is 21.4. The van der Waals surface area contributed by atoms with Gasteiger partial charge in [0.1, 0.15) is 0 Å². The van der Waals surface area contributed by atoms with Gasteiger partial charge in [-0.15, -0.1) is 12.4 Å². The maximum atomic E-state index is 6.32. The minimum absolute atomic E-state index is 0. The molecular weight excluding hydrogens is 403 g/mol. The Hall–Kier alpha value is -2.27. The standard InChI is InChI=1S/C23H25ClN4.ClH/c24-21-14-19(13-20(15-21)16-27-12-9-26-17-27)2-1-18-3-5-23(6-4-18)28-10-7-22(25)8-11-28;/h1-6,9,12-15,17,22H,7-8,10-11,16,25H2;1H/b2-1+;.